The molecular weight excluding hydrogens is 336 g/mol. The van der Waals surface area contributed by atoms with Gasteiger partial charge in [0, 0.05) is 5.41 Å². The van der Waals surface area contributed by atoms with E-state index in [0.717, 1.165) is 5.57 Å². The van der Waals surface area contributed by atoms with E-state index in [0.29, 0.717) is 32.1 Å². The molecule has 142 valence electrons. The number of aliphatic hydroxyl groups excluding tert-OH is 1. The van der Waals surface area contributed by atoms with E-state index in [1.165, 1.54) is 0 Å². The molecule has 4 bridgehead atoms. The number of carbonyl (C=O) groups is 2. The third-order valence-electron chi connectivity index (χ3n) is 8.79. The molecule has 5 aliphatic rings. The summed E-state index contributed by atoms with van der Waals surface area (Å²) in [5, 5.41) is 31.9. The first-order valence-corrected chi connectivity index (χ1v) is 9.58. The van der Waals surface area contributed by atoms with Crippen LogP contribution in [0.2, 0.25) is 0 Å². The van der Waals surface area contributed by atoms with Gasteiger partial charge < -0.3 is 20.1 Å². The molecule has 3 N–H and O–H groups in total. The van der Waals surface area contributed by atoms with Crippen LogP contribution in [0.25, 0.3) is 0 Å². The Balaban J connectivity index is 1.76. The van der Waals surface area contributed by atoms with Crippen molar-refractivity contribution in [3.05, 3.63) is 12.2 Å². The van der Waals surface area contributed by atoms with Crippen LogP contribution in [0.5, 0.6) is 0 Å². The lowest BCUT2D eigenvalue weighted by Crippen LogP contribution is -2.61. The minimum absolute atomic E-state index is 0.0167. The van der Waals surface area contributed by atoms with Crippen LogP contribution in [-0.2, 0) is 14.3 Å². The second-order valence-corrected chi connectivity index (χ2v) is 9.90. The number of rotatable bonds is 1. The molecule has 26 heavy (non-hydrogen) atoms. The smallest absolute Gasteiger partial charge is 0.312 e. The molecule has 0 aromatic carbocycles. The average molecular weight is 362 g/mol. The van der Waals surface area contributed by atoms with E-state index in [9.17, 15) is 24.9 Å². The number of carboxylic acids is 1. The van der Waals surface area contributed by atoms with Crippen molar-refractivity contribution in [1.29, 1.82) is 0 Å². The van der Waals surface area contributed by atoms with E-state index in [1.54, 1.807) is 6.92 Å². The number of aliphatic carboxylic acids is 1. The molecule has 0 aromatic heterocycles. The fourth-order valence-electron chi connectivity index (χ4n) is 8.26. The maximum absolute atomic E-state index is 12.7. The highest BCUT2D eigenvalue weighted by molar-refractivity contribution is 5.82. The van der Waals surface area contributed by atoms with Crippen LogP contribution in [0.1, 0.15) is 45.4 Å². The Kier molecular flexibility index (Phi) is 2.92. The van der Waals surface area contributed by atoms with Crippen molar-refractivity contribution in [1.82, 2.24) is 0 Å². The summed E-state index contributed by atoms with van der Waals surface area (Å²) < 4.78 is 5.61. The number of ether oxygens (including phenoxy) is 1. The molecule has 6 nitrogen and oxygen atoms in total. The molecule has 1 spiro atoms. The molecule has 5 fully saturated rings. The zero-order chi connectivity index (χ0) is 18.7. The van der Waals surface area contributed by atoms with Crippen molar-refractivity contribution in [2.75, 3.05) is 6.61 Å². The fraction of sp³-hybridized carbons (Fsp3) is 0.800. The number of carbonyl (C=O) groups excluding carboxylic acids is 1. The van der Waals surface area contributed by atoms with Gasteiger partial charge in [0.15, 0.2) is 0 Å². The lowest BCUT2D eigenvalue weighted by molar-refractivity contribution is -0.212. The van der Waals surface area contributed by atoms with Crippen LogP contribution in [0.15, 0.2) is 12.2 Å². The molecule has 8 atom stereocenters. The minimum atomic E-state index is -0.993. The molecule has 0 aromatic rings. The largest absolute Gasteiger partial charge is 0.481 e. The van der Waals surface area contributed by atoms with E-state index in [1.807, 2.05) is 0 Å². The third-order valence-corrected chi connectivity index (χ3v) is 8.79. The summed E-state index contributed by atoms with van der Waals surface area (Å²) in [7, 11) is 0. The number of aliphatic hydroxyl groups is 2. The van der Waals surface area contributed by atoms with Gasteiger partial charge in [-0.3, -0.25) is 9.59 Å². The molecule has 1 aliphatic heterocycles. The molecule has 4 aliphatic carbocycles. The molecule has 0 radical (unpaired) electrons. The number of hydrogen-bond donors (Lipinski definition) is 3. The predicted molar refractivity (Wildman–Crippen MR) is 89.8 cm³/mol. The van der Waals surface area contributed by atoms with Crippen LogP contribution in [0.3, 0.4) is 0 Å². The molecule has 6 heteroatoms. The zero-order valence-electron chi connectivity index (χ0n) is 15.0. The van der Waals surface area contributed by atoms with Crippen molar-refractivity contribution in [3.8, 4) is 0 Å². The number of fused-ring (bicyclic) bond motifs is 1. The fourth-order valence-corrected chi connectivity index (χ4v) is 8.26. The number of cyclic esters (lactones) is 1. The van der Waals surface area contributed by atoms with Gasteiger partial charge in [-0.05, 0) is 68.3 Å². The van der Waals surface area contributed by atoms with Crippen molar-refractivity contribution in [3.63, 3.8) is 0 Å². The van der Waals surface area contributed by atoms with E-state index in [4.69, 9.17) is 4.74 Å². The van der Waals surface area contributed by atoms with Crippen LogP contribution in [0, 0.1) is 34.0 Å². The van der Waals surface area contributed by atoms with Crippen molar-refractivity contribution in [2.24, 2.45) is 34.0 Å². The van der Waals surface area contributed by atoms with Crippen LogP contribution < -0.4 is 0 Å². The average Bonchev–Trinajstić information content (AvgIpc) is 2.89. The maximum Gasteiger partial charge on any atom is 0.312 e. The SMILES string of the molecule is C=C1C[C@@]23C[C@@]1(O)CC[C@H]2[C@]12COC(=O)[C@](C)(C[C@@H](O)C1)[C@H]2[C@@H]3C(=O)O. The molecule has 4 saturated carbocycles. The maximum atomic E-state index is 12.7. The quantitative estimate of drug-likeness (QED) is 0.482. The Morgan fingerprint density at radius 2 is 2.04 bits per heavy atom. The second kappa shape index (κ2) is 4.53. The van der Waals surface area contributed by atoms with Gasteiger partial charge in [0.1, 0.15) is 0 Å². The first-order valence-electron chi connectivity index (χ1n) is 9.58. The lowest BCUT2D eigenvalue weighted by Gasteiger charge is -2.56. The van der Waals surface area contributed by atoms with Gasteiger partial charge in [-0.15, -0.1) is 0 Å². The Morgan fingerprint density at radius 3 is 2.73 bits per heavy atom. The zero-order valence-corrected chi connectivity index (χ0v) is 15.0. The Bertz CT molecular complexity index is 747. The summed E-state index contributed by atoms with van der Waals surface area (Å²) in [5.41, 5.74) is -2.37. The van der Waals surface area contributed by atoms with Gasteiger partial charge >= 0.3 is 11.9 Å². The minimum Gasteiger partial charge on any atom is -0.481 e. The Hall–Kier alpha value is -1.40. The van der Waals surface area contributed by atoms with Gasteiger partial charge in [-0.25, -0.2) is 0 Å². The summed E-state index contributed by atoms with van der Waals surface area (Å²) in [5.74, 6) is -2.34. The monoisotopic (exact) mass is 362 g/mol. The van der Waals surface area contributed by atoms with Gasteiger partial charge in [0.2, 0.25) is 0 Å². The number of esters is 1. The van der Waals surface area contributed by atoms with Crippen LogP contribution >= 0.6 is 0 Å². The summed E-state index contributed by atoms with van der Waals surface area (Å²) in [6, 6.07) is 0. The normalized spacial score (nSPS) is 57.3. The highest BCUT2D eigenvalue weighted by atomic mass is 16.5. The summed E-state index contributed by atoms with van der Waals surface area (Å²) >= 11 is 0. The molecule has 0 amide bonds. The van der Waals surface area contributed by atoms with Crippen molar-refractivity contribution in [2.45, 2.75) is 57.2 Å². The van der Waals surface area contributed by atoms with Gasteiger partial charge in [-0.2, -0.15) is 0 Å². The van der Waals surface area contributed by atoms with E-state index >= 15 is 0 Å². The molecule has 0 unspecified atom stereocenters. The summed E-state index contributed by atoms with van der Waals surface area (Å²) in [4.78, 5) is 25.3. The molecular formula is C20H26O6. The highest BCUT2D eigenvalue weighted by Crippen LogP contribution is 2.79. The van der Waals surface area contributed by atoms with Crippen LogP contribution in [-0.4, -0.2) is 45.6 Å². The van der Waals surface area contributed by atoms with Crippen molar-refractivity contribution >= 4 is 11.9 Å². The van der Waals surface area contributed by atoms with Gasteiger partial charge in [0.05, 0.1) is 29.6 Å². The second-order valence-electron chi connectivity index (χ2n) is 9.90. The molecule has 1 heterocycles. The van der Waals surface area contributed by atoms with E-state index < -0.39 is 39.8 Å². The lowest BCUT2D eigenvalue weighted by atomic mass is 9.50. The van der Waals surface area contributed by atoms with Crippen LogP contribution in [0.4, 0.5) is 0 Å². The Morgan fingerprint density at radius 1 is 1.31 bits per heavy atom. The van der Waals surface area contributed by atoms with E-state index in [-0.39, 0.29) is 30.8 Å². The summed E-state index contributed by atoms with van der Waals surface area (Å²) in [6.07, 6.45) is 2.25. The highest BCUT2D eigenvalue weighted by Gasteiger charge is 2.80. The number of hydrogen-bond acceptors (Lipinski definition) is 5. The Labute approximate surface area is 152 Å². The van der Waals surface area contributed by atoms with E-state index in [2.05, 4.69) is 6.58 Å². The number of carboxylic acid groups (broad SMARTS) is 1. The van der Waals surface area contributed by atoms with Crippen molar-refractivity contribution < 1.29 is 29.6 Å². The van der Waals surface area contributed by atoms with Gasteiger partial charge in [0.25, 0.3) is 0 Å². The standard InChI is InChI=1S/C20H26O6/c1-10-5-18-8-20(10,25)4-3-12(18)19-7-11(21)6-17(2,16(24)26-9-19)14(19)13(18)15(22)23/h11-14,21,25H,1,3-9H2,2H3,(H,22,23)/t11-,12-,13-,14-,17-,18-,19-,20+/m1/s1. The first-order chi connectivity index (χ1) is 12.1. The van der Waals surface area contributed by atoms with Gasteiger partial charge in [-0.1, -0.05) is 6.58 Å². The molecule has 5 rings (SSSR count). The molecule has 1 saturated heterocycles. The first kappa shape index (κ1) is 16.8. The topological polar surface area (TPSA) is 104 Å². The third kappa shape index (κ3) is 1.58. The predicted octanol–water partition coefficient (Wildman–Crippen LogP) is 1.50. The summed E-state index contributed by atoms with van der Waals surface area (Å²) in [6.45, 7) is 6.03.